The van der Waals surface area contributed by atoms with E-state index >= 15 is 0 Å². The van der Waals surface area contributed by atoms with Gasteiger partial charge in [-0.25, -0.2) is 0 Å². The molecular weight excluding hydrogens is 132 g/mol. The topological polar surface area (TPSA) is 24.1 Å². The largest absolute Gasteiger partial charge is 0.314 e. The third-order valence-electron chi connectivity index (χ3n) is 1.87. The van der Waals surface area contributed by atoms with E-state index in [9.17, 15) is 0 Å². The molecule has 0 radical (unpaired) electrons. The summed E-state index contributed by atoms with van der Waals surface area (Å²) < 4.78 is 0. The minimum atomic E-state index is 0.845. The van der Waals surface area contributed by atoms with E-state index in [-0.39, 0.29) is 0 Å². The van der Waals surface area contributed by atoms with Crippen molar-refractivity contribution in [3.63, 3.8) is 0 Å². The molecule has 0 spiro atoms. The Labute approximate surface area is 59.8 Å². The van der Waals surface area contributed by atoms with Gasteiger partial charge in [0.25, 0.3) is 0 Å². The van der Waals surface area contributed by atoms with Gasteiger partial charge in [0, 0.05) is 36.7 Å². The van der Waals surface area contributed by atoms with E-state index in [0.717, 1.165) is 10.5 Å². The lowest BCUT2D eigenvalue weighted by Crippen LogP contribution is -2.51. The van der Waals surface area contributed by atoms with Gasteiger partial charge in [0.05, 0.1) is 0 Å². The average Bonchev–Trinajstić information content (AvgIpc) is 1.88. The predicted molar refractivity (Wildman–Crippen MR) is 40.9 cm³/mol. The maximum absolute atomic E-state index is 3.43. The van der Waals surface area contributed by atoms with Gasteiger partial charge in [-0.15, -0.1) is 11.8 Å². The van der Waals surface area contributed by atoms with Gasteiger partial charge in [0.1, 0.15) is 0 Å². The predicted octanol–water partition coefficient (Wildman–Crippen LogP) is -0.337. The van der Waals surface area contributed by atoms with Crippen LogP contribution < -0.4 is 10.6 Å². The van der Waals surface area contributed by atoms with Crippen LogP contribution in [-0.2, 0) is 0 Å². The lowest BCUT2D eigenvalue weighted by molar-refractivity contribution is 0.515. The van der Waals surface area contributed by atoms with Crippen molar-refractivity contribution in [3.05, 3.63) is 0 Å². The van der Waals surface area contributed by atoms with Crippen molar-refractivity contribution in [3.8, 4) is 0 Å². The molecule has 0 amide bonds. The maximum Gasteiger partial charge on any atom is 0.0300 e. The Balaban J connectivity index is 1.96. The van der Waals surface area contributed by atoms with Crippen LogP contribution >= 0.6 is 11.8 Å². The summed E-state index contributed by atoms with van der Waals surface area (Å²) >= 11 is 2.15. The molecule has 2 N–H and O–H groups in total. The van der Waals surface area contributed by atoms with E-state index in [1.807, 2.05) is 0 Å². The van der Waals surface area contributed by atoms with Crippen molar-refractivity contribution in [1.29, 1.82) is 0 Å². The van der Waals surface area contributed by atoms with Crippen LogP contribution in [-0.4, -0.2) is 36.7 Å². The Kier molecular flexibility index (Phi) is 1.66. The highest BCUT2D eigenvalue weighted by atomic mass is 32.2. The van der Waals surface area contributed by atoms with Crippen molar-refractivity contribution in [2.45, 2.75) is 10.5 Å². The summed E-state index contributed by atoms with van der Waals surface area (Å²) in [6.45, 7) is 4.81. The molecule has 2 bridgehead atoms. The van der Waals surface area contributed by atoms with Crippen molar-refractivity contribution in [1.82, 2.24) is 10.6 Å². The van der Waals surface area contributed by atoms with Crippen LogP contribution in [0.3, 0.4) is 0 Å². The highest BCUT2D eigenvalue weighted by Gasteiger charge is 2.25. The van der Waals surface area contributed by atoms with Crippen LogP contribution in [0.5, 0.6) is 0 Å². The molecule has 2 heterocycles. The number of hydrogen-bond donors (Lipinski definition) is 2. The molecule has 0 unspecified atom stereocenters. The zero-order chi connectivity index (χ0) is 6.10. The second-order valence-electron chi connectivity index (χ2n) is 2.70. The summed E-state index contributed by atoms with van der Waals surface area (Å²) in [5.41, 5.74) is 0. The molecule has 2 aliphatic rings. The van der Waals surface area contributed by atoms with Crippen LogP contribution in [0.2, 0.25) is 0 Å². The summed E-state index contributed by atoms with van der Waals surface area (Å²) in [7, 11) is 0. The first-order chi connectivity index (χ1) is 4.45. The molecule has 2 fully saturated rings. The molecule has 2 rings (SSSR count). The fraction of sp³-hybridized carbons (Fsp3) is 1.00. The van der Waals surface area contributed by atoms with Crippen molar-refractivity contribution < 1.29 is 0 Å². The zero-order valence-electron chi connectivity index (χ0n) is 5.39. The fourth-order valence-electron chi connectivity index (χ4n) is 1.42. The Morgan fingerprint density at radius 1 is 0.889 bits per heavy atom. The normalized spacial score (nSPS) is 42.7. The summed E-state index contributed by atoms with van der Waals surface area (Å²) in [5, 5.41) is 8.54. The number of nitrogens with one attached hydrogen (secondary N) is 2. The van der Waals surface area contributed by atoms with Gasteiger partial charge in [0.15, 0.2) is 0 Å². The monoisotopic (exact) mass is 144 g/mol. The van der Waals surface area contributed by atoms with Crippen molar-refractivity contribution >= 4 is 11.8 Å². The SMILES string of the molecule is C1NCC2CNCC1S2. The number of thioether (sulfide) groups is 1. The van der Waals surface area contributed by atoms with Gasteiger partial charge in [-0.3, -0.25) is 0 Å². The Morgan fingerprint density at radius 3 is 1.67 bits per heavy atom. The Hall–Kier alpha value is 0.270. The van der Waals surface area contributed by atoms with Crippen molar-refractivity contribution in [2.75, 3.05) is 26.2 Å². The Bertz CT molecular complexity index is 87.2. The number of fused-ring (bicyclic) bond motifs is 2. The van der Waals surface area contributed by atoms with E-state index in [1.54, 1.807) is 0 Å². The van der Waals surface area contributed by atoms with Gasteiger partial charge in [-0.2, -0.15) is 0 Å². The third-order valence-corrected chi connectivity index (χ3v) is 3.31. The molecule has 0 aromatic carbocycles. The second-order valence-corrected chi connectivity index (χ2v) is 4.30. The molecule has 0 aliphatic carbocycles. The number of hydrogen-bond acceptors (Lipinski definition) is 3. The fourth-order valence-corrected chi connectivity index (χ4v) is 2.82. The Morgan fingerprint density at radius 2 is 1.33 bits per heavy atom. The van der Waals surface area contributed by atoms with Crippen LogP contribution in [0.15, 0.2) is 0 Å². The van der Waals surface area contributed by atoms with Crippen molar-refractivity contribution in [2.24, 2.45) is 0 Å². The highest BCUT2D eigenvalue weighted by molar-refractivity contribution is 8.00. The first-order valence-corrected chi connectivity index (χ1v) is 4.46. The molecule has 2 saturated heterocycles. The standard InChI is InChI=1S/C6H12N2S/c1-5-2-8-4-6(9-5)3-7-1/h5-8H,1-4H2. The van der Waals surface area contributed by atoms with Crippen LogP contribution in [0.4, 0.5) is 0 Å². The van der Waals surface area contributed by atoms with Crippen LogP contribution in [0.1, 0.15) is 0 Å². The lowest BCUT2D eigenvalue weighted by atomic mass is 10.3. The van der Waals surface area contributed by atoms with E-state index in [2.05, 4.69) is 22.4 Å². The van der Waals surface area contributed by atoms with Gasteiger partial charge < -0.3 is 10.6 Å². The molecule has 9 heavy (non-hydrogen) atoms. The molecule has 3 heteroatoms. The first-order valence-electron chi connectivity index (χ1n) is 3.52. The molecule has 52 valence electrons. The summed E-state index contributed by atoms with van der Waals surface area (Å²) in [6, 6.07) is 0. The quantitative estimate of drug-likeness (QED) is 0.486. The second kappa shape index (κ2) is 2.48. The van der Waals surface area contributed by atoms with E-state index in [1.165, 1.54) is 26.2 Å². The summed E-state index contributed by atoms with van der Waals surface area (Å²) in [5.74, 6) is 0. The summed E-state index contributed by atoms with van der Waals surface area (Å²) in [6.07, 6.45) is 0. The van der Waals surface area contributed by atoms with Gasteiger partial charge in [0.2, 0.25) is 0 Å². The smallest absolute Gasteiger partial charge is 0.0300 e. The van der Waals surface area contributed by atoms with E-state index in [0.29, 0.717) is 0 Å². The lowest BCUT2D eigenvalue weighted by Gasteiger charge is -2.34. The molecule has 2 nitrogen and oxygen atoms in total. The molecular formula is C6H12N2S. The van der Waals surface area contributed by atoms with Crippen LogP contribution in [0.25, 0.3) is 0 Å². The summed E-state index contributed by atoms with van der Waals surface area (Å²) in [4.78, 5) is 0. The minimum Gasteiger partial charge on any atom is -0.314 e. The van der Waals surface area contributed by atoms with Crippen LogP contribution in [0, 0.1) is 0 Å². The third kappa shape index (κ3) is 1.23. The highest BCUT2D eigenvalue weighted by Crippen LogP contribution is 2.22. The molecule has 2 aliphatic heterocycles. The molecule has 0 atom stereocenters. The minimum absolute atomic E-state index is 0.845. The van der Waals surface area contributed by atoms with E-state index < -0.39 is 0 Å². The zero-order valence-corrected chi connectivity index (χ0v) is 6.21. The van der Waals surface area contributed by atoms with Gasteiger partial charge >= 0.3 is 0 Å². The molecule has 0 aromatic rings. The first kappa shape index (κ1) is 6.01. The van der Waals surface area contributed by atoms with Gasteiger partial charge in [-0.05, 0) is 0 Å². The molecule has 0 saturated carbocycles. The maximum atomic E-state index is 3.43. The average molecular weight is 144 g/mol. The molecule has 0 aromatic heterocycles. The van der Waals surface area contributed by atoms with E-state index in [4.69, 9.17) is 0 Å². The van der Waals surface area contributed by atoms with Gasteiger partial charge in [-0.1, -0.05) is 0 Å². The number of rotatable bonds is 0.